The Labute approximate surface area is 86.5 Å². The Kier molecular flexibility index (Phi) is 3.94. The predicted octanol–water partition coefficient (Wildman–Crippen LogP) is 0.190. The fourth-order valence-electron chi connectivity index (χ4n) is 0.873. The standard InChI is InChI=1S/C10H10N2OS/c11-10(12)14-7-6-9(13)8-4-2-1-3-5-8/h1-7H,(H3,11,12)/p+1/b7-6-. The number of ketones is 1. The van der Waals surface area contributed by atoms with Crippen molar-refractivity contribution in [3.8, 4) is 0 Å². The predicted molar refractivity (Wildman–Crippen MR) is 58.6 cm³/mol. The first-order valence-corrected chi connectivity index (χ1v) is 4.88. The highest BCUT2D eigenvalue weighted by Crippen LogP contribution is 2.04. The van der Waals surface area contributed by atoms with Crippen molar-refractivity contribution in [2.24, 2.45) is 5.73 Å². The molecule has 1 aromatic rings. The molecule has 0 fully saturated rings. The zero-order chi connectivity index (χ0) is 10.4. The van der Waals surface area contributed by atoms with Gasteiger partial charge in [-0.25, -0.2) is 0 Å². The second-order valence-electron chi connectivity index (χ2n) is 2.55. The number of rotatable bonds is 3. The van der Waals surface area contributed by atoms with Crippen LogP contribution in [0.25, 0.3) is 0 Å². The van der Waals surface area contributed by atoms with E-state index >= 15 is 0 Å². The summed E-state index contributed by atoms with van der Waals surface area (Å²) in [6.45, 7) is 0. The van der Waals surface area contributed by atoms with Gasteiger partial charge in [0.25, 0.3) is 0 Å². The summed E-state index contributed by atoms with van der Waals surface area (Å²) >= 11 is 1.13. The summed E-state index contributed by atoms with van der Waals surface area (Å²) in [6.07, 6.45) is 1.44. The summed E-state index contributed by atoms with van der Waals surface area (Å²) in [7, 11) is 0. The number of carbonyl (C=O) groups is 1. The quantitative estimate of drug-likeness (QED) is 0.322. The average Bonchev–Trinajstić information content (AvgIpc) is 2.18. The number of carbonyl (C=O) groups excluding carboxylic acids is 1. The maximum Gasteiger partial charge on any atom is 0.304 e. The minimum Gasteiger partial charge on any atom is -0.289 e. The fraction of sp³-hybridized carbons (Fsp3) is 0. The molecule has 4 N–H and O–H groups in total. The van der Waals surface area contributed by atoms with Crippen LogP contribution in [-0.2, 0) is 0 Å². The van der Waals surface area contributed by atoms with Crippen LogP contribution in [0.2, 0.25) is 0 Å². The van der Waals surface area contributed by atoms with Crippen molar-refractivity contribution in [2.75, 3.05) is 0 Å². The molecule has 14 heavy (non-hydrogen) atoms. The Morgan fingerprint density at radius 3 is 2.57 bits per heavy atom. The highest BCUT2D eigenvalue weighted by atomic mass is 32.2. The third-order valence-corrected chi connectivity index (χ3v) is 2.03. The van der Waals surface area contributed by atoms with E-state index < -0.39 is 0 Å². The van der Waals surface area contributed by atoms with Gasteiger partial charge in [0, 0.05) is 5.56 Å². The van der Waals surface area contributed by atoms with Gasteiger partial charge in [-0.15, -0.1) is 0 Å². The molecule has 0 aliphatic carbocycles. The number of amidine groups is 1. The SMILES string of the molecule is NC(=[NH2+])S/C=C\C(=O)c1ccccc1. The Balaban J connectivity index is 2.59. The minimum atomic E-state index is -0.0562. The molecule has 0 amide bonds. The van der Waals surface area contributed by atoms with Gasteiger partial charge in [0.1, 0.15) is 0 Å². The van der Waals surface area contributed by atoms with Gasteiger partial charge < -0.3 is 0 Å². The number of nitrogens with two attached hydrogens (primary N) is 2. The molecule has 1 rings (SSSR count). The minimum absolute atomic E-state index is 0.0562. The van der Waals surface area contributed by atoms with Gasteiger partial charge in [-0.3, -0.25) is 15.9 Å². The first kappa shape index (κ1) is 10.5. The lowest BCUT2D eigenvalue weighted by Gasteiger charge is -1.92. The number of allylic oxidation sites excluding steroid dienone is 1. The van der Waals surface area contributed by atoms with Crippen LogP contribution >= 0.6 is 11.8 Å². The van der Waals surface area contributed by atoms with E-state index in [9.17, 15) is 4.79 Å². The molecule has 0 aliphatic rings. The first-order chi connectivity index (χ1) is 6.70. The molecule has 0 spiro atoms. The zero-order valence-electron chi connectivity index (χ0n) is 7.51. The molecular formula is C10H11N2OS+. The molecule has 0 atom stereocenters. The molecular weight excluding hydrogens is 196 g/mol. The second-order valence-corrected chi connectivity index (χ2v) is 3.53. The molecule has 72 valence electrons. The van der Waals surface area contributed by atoms with Gasteiger partial charge >= 0.3 is 5.17 Å². The normalized spacial score (nSPS) is 10.3. The van der Waals surface area contributed by atoms with Gasteiger partial charge in [-0.1, -0.05) is 30.3 Å². The van der Waals surface area contributed by atoms with E-state index in [2.05, 4.69) is 0 Å². The summed E-state index contributed by atoms with van der Waals surface area (Å²) in [5.74, 6) is -0.0562. The summed E-state index contributed by atoms with van der Waals surface area (Å²) in [4.78, 5) is 11.4. The Morgan fingerprint density at radius 1 is 1.36 bits per heavy atom. The third kappa shape index (κ3) is 3.45. The van der Waals surface area contributed by atoms with E-state index in [1.165, 1.54) is 6.08 Å². The van der Waals surface area contributed by atoms with Gasteiger partial charge in [0.2, 0.25) is 0 Å². The zero-order valence-corrected chi connectivity index (χ0v) is 8.33. The number of thioether (sulfide) groups is 1. The Morgan fingerprint density at radius 2 is 2.00 bits per heavy atom. The first-order valence-electron chi connectivity index (χ1n) is 4.00. The van der Waals surface area contributed by atoms with E-state index in [0.29, 0.717) is 5.56 Å². The van der Waals surface area contributed by atoms with Crippen molar-refractivity contribution in [1.29, 1.82) is 0 Å². The average molecular weight is 207 g/mol. The highest BCUT2D eigenvalue weighted by Gasteiger charge is 1.99. The number of hydrogen-bond acceptors (Lipinski definition) is 2. The van der Waals surface area contributed by atoms with E-state index in [-0.39, 0.29) is 11.0 Å². The molecule has 4 heteroatoms. The molecule has 0 bridgehead atoms. The molecule has 1 aromatic carbocycles. The summed E-state index contributed by atoms with van der Waals surface area (Å²) in [5.41, 5.74) is 5.86. The lowest BCUT2D eigenvalue weighted by molar-refractivity contribution is -0.109. The van der Waals surface area contributed by atoms with E-state index in [1.807, 2.05) is 18.2 Å². The van der Waals surface area contributed by atoms with Crippen molar-refractivity contribution in [3.63, 3.8) is 0 Å². The van der Waals surface area contributed by atoms with E-state index in [1.54, 1.807) is 17.5 Å². The molecule has 0 aliphatic heterocycles. The molecule has 0 saturated heterocycles. The Bertz CT molecular complexity index is 360. The van der Waals surface area contributed by atoms with E-state index in [0.717, 1.165) is 11.8 Å². The molecule has 0 unspecified atom stereocenters. The van der Waals surface area contributed by atoms with Crippen LogP contribution in [0.1, 0.15) is 10.4 Å². The number of benzene rings is 1. The Hall–Kier alpha value is -1.55. The molecule has 0 saturated carbocycles. The van der Waals surface area contributed by atoms with Gasteiger partial charge in [-0.05, 0) is 23.2 Å². The monoisotopic (exact) mass is 207 g/mol. The third-order valence-electron chi connectivity index (χ3n) is 1.48. The second kappa shape index (κ2) is 5.24. The van der Waals surface area contributed by atoms with Crippen molar-refractivity contribution in [1.82, 2.24) is 0 Å². The largest absolute Gasteiger partial charge is 0.304 e. The summed E-state index contributed by atoms with van der Waals surface area (Å²) in [5, 5.41) is 7.01. The van der Waals surface area contributed by atoms with Crippen LogP contribution in [0.3, 0.4) is 0 Å². The molecule has 0 heterocycles. The molecule has 3 nitrogen and oxygen atoms in total. The van der Waals surface area contributed by atoms with E-state index in [4.69, 9.17) is 11.1 Å². The van der Waals surface area contributed by atoms with Crippen LogP contribution in [0.5, 0.6) is 0 Å². The maximum absolute atomic E-state index is 11.4. The highest BCUT2D eigenvalue weighted by molar-refractivity contribution is 8.16. The van der Waals surface area contributed by atoms with Crippen LogP contribution < -0.4 is 11.1 Å². The molecule has 0 radical (unpaired) electrons. The topological polar surface area (TPSA) is 68.7 Å². The molecule has 0 aromatic heterocycles. The van der Waals surface area contributed by atoms with Gasteiger partial charge in [-0.2, -0.15) is 0 Å². The van der Waals surface area contributed by atoms with Crippen LogP contribution in [0.15, 0.2) is 41.8 Å². The van der Waals surface area contributed by atoms with Crippen molar-refractivity contribution >= 4 is 22.7 Å². The van der Waals surface area contributed by atoms with Crippen LogP contribution in [-0.4, -0.2) is 11.0 Å². The fourth-order valence-corrected chi connectivity index (χ4v) is 1.22. The van der Waals surface area contributed by atoms with Gasteiger partial charge in [0.15, 0.2) is 5.78 Å². The number of hydrogen-bond donors (Lipinski definition) is 2. The lowest BCUT2D eigenvalue weighted by Crippen LogP contribution is -2.42. The summed E-state index contributed by atoms with van der Waals surface area (Å²) in [6, 6.07) is 9.01. The van der Waals surface area contributed by atoms with Crippen LogP contribution in [0, 0.1) is 0 Å². The van der Waals surface area contributed by atoms with Crippen molar-refractivity contribution in [3.05, 3.63) is 47.4 Å². The van der Waals surface area contributed by atoms with Crippen molar-refractivity contribution in [2.45, 2.75) is 0 Å². The van der Waals surface area contributed by atoms with Gasteiger partial charge in [0.05, 0.1) is 0 Å². The lowest BCUT2D eigenvalue weighted by atomic mass is 10.1. The summed E-state index contributed by atoms with van der Waals surface area (Å²) < 4.78 is 0. The maximum atomic E-state index is 11.4. The van der Waals surface area contributed by atoms with Crippen LogP contribution in [0.4, 0.5) is 0 Å². The smallest absolute Gasteiger partial charge is 0.289 e. The van der Waals surface area contributed by atoms with Crippen molar-refractivity contribution < 1.29 is 10.2 Å².